The van der Waals surface area contributed by atoms with Crippen LogP contribution in [-0.2, 0) is 23.0 Å². The molecule has 7 nitrogen and oxygen atoms in total. The zero-order chi connectivity index (χ0) is 20.4. The van der Waals surface area contributed by atoms with Crippen molar-refractivity contribution < 1.29 is 17.6 Å². The number of halogens is 1. The van der Waals surface area contributed by atoms with Crippen molar-refractivity contribution in [3.05, 3.63) is 83.7 Å². The molecule has 0 aliphatic carbocycles. The number of hydrogen-bond acceptors (Lipinski definition) is 5. The first kappa shape index (κ1) is 19.0. The van der Waals surface area contributed by atoms with Crippen LogP contribution in [0.2, 0.25) is 0 Å². The minimum absolute atomic E-state index is 0.180. The summed E-state index contributed by atoms with van der Waals surface area (Å²) >= 11 is 0. The van der Waals surface area contributed by atoms with Gasteiger partial charge in [0.05, 0.1) is 5.69 Å². The Bertz CT molecular complexity index is 1180. The number of fused-ring (bicyclic) bond motifs is 1. The molecule has 1 aromatic heterocycles. The normalized spacial score (nSPS) is 13.6. The van der Waals surface area contributed by atoms with E-state index < -0.39 is 20.7 Å². The van der Waals surface area contributed by atoms with Gasteiger partial charge in [-0.25, -0.2) is 22.8 Å². The predicted molar refractivity (Wildman–Crippen MR) is 104 cm³/mol. The minimum atomic E-state index is -4.12. The van der Waals surface area contributed by atoms with E-state index in [0.717, 1.165) is 17.3 Å². The fourth-order valence-electron chi connectivity index (χ4n) is 3.21. The summed E-state index contributed by atoms with van der Waals surface area (Å²) in [6, 6.07) is 11.2. The lowest BCUT2D eigenvalue weighted by Gasteiger charge is -2.28. The predicted octanol–water partition coefficient (Wildman–Crippen LogP) is 2.62. The second-order valence-corrected chi connectivity index (χ2v) is 8.24. The number of hydrogen-bond donors (Lipinski definition) is 1. The standard InChI is InChI=1S/C20H17FN4O3S/c21-17-6-1-2-7-19(17)29(27,28)24-16-5-3-4-14(10-16)20(26)25-9-8-18-15(12-25)11-22-13-23-18/h1-7,10-11,13,24H,8-9,12H2. The molecule has 9 heteroatoms. The SMILES string of the molecule is O=C(c1cccc(NS(=O)(=O)c2ccccc2F)c1)N1CCc2ncncc2C1. The van der Waals surface area contributed by atoms with Crippen molar-refractivity contribution in [3.63, 3.8) is 0 Å². The summed E-state index contributed by atoms with van der Waals surface area (Å²) < 4.78 is 41.2. The molecule has 1 amide bonds. The van der Waals surface area contributed by atoms with Crippen molar-refractivity contribution in [3.8, 4) is 0 Å². The van der Waals surface area contributed by atoms with Crippen LogP contribution in [0.1, 0.15) is 21.6 Å². The van der Waals surface area contributed by atoms with Gasteiger partial charge in [-0.1, -0.05) is 18.2 Å². The number of rotatable bonds is 4. The van der Waals surface area contributed by atoms with Gasteiger partial charge in [0.25, 0.3) is 15.9 Å². The van der Waals surface area contributed by atoms with E-state index in [-0.39, 0.29) is 11.6 Å². The molecule has 3 aromatic rings. The number of aromatic nitrogens is 2. The molecule has 0 saturated heterocycles. The highest BCUT2D eigenvalue weighted by atomic mass is 32.2. The fourth-order valence-corrected chi connectivity index (χ4v) is 4.34. The Hall–Kier alpha value is -3.33. The van der Waals surface area contributed by atoms with E-state index in [1.54, 1.807) is 23.2 Å². The molecule has 1 aliphatic rings. The van der Waals surface area contributed by atoms with Crippen LogP contribution >= 0.6 is 0 Å². The van der Waals surface area contributed by atoms with Crippen LogP contribution < -0.4 is 4.72 Å². The van der Waals surface area contributed by atoms with E-state index in [4.69, 9.17) is 0 Å². The van der Waals surface area contributed by atoms with Gasteiger partial charge in [-0.05, 0) is 30.3 Å². The number of sulfonamides is 1. The lowest BCUT2D eigenvalue weighted by atomic mass is 10.1. The summed E-state index contributed by atoms with van der Waals surface area (Å²) in [5.74, 6) is -1.08. The zero-order valence-corrected chi connectivity index (χ0v) is 16.1. The molecule has 2 aromatic carbocycles. The molecule has 0 unspecified atom stereocenters. The quantitative estimate of drug-likeness (QED) is 0.711. The molecular formula is C20H17FN4O3S. The monoisotopic (exact) mass is 412 g/mol. The van der Waals surface area contributed by atoms with E-state index in [1.807, 2.05) is 0 Å². The van der Waals surface area contributed by atoms with Gasteiger partial charge in [0, 0.05) is 42.5 Å². The molecule has 148 valence electrons. The Morgan fingerprint density at radius 3 is 2.79 bits per heavy atom. The Balaban J connectivity index is 1.55. The fraction of sp³-hybridized carbons (Fsp3) is 0.150. The molecule has 0 saturated carbocycles. The summed E-state index contributed by atoms with van der Waals surface area (Å²) in [4.78, 5) is 22.3. The topological polar surface area (TPSA) is 92.3 Å². The van der Waals surface area contributed by atoms with Gasteiger partial charge < -0.3 is 4.90 Å². The largest absolute Gasteiger partial charge is 0.334 e. The lowest BCUT2D eigenvalue weighted by molar-refractivity contribution is 0.0733. The Morgan fingerprint density at radius 1 is 1.14 bits per heavy atom. The first-order valence-corrected chi connectivity index (χ1v) is 10.4. The number of carbonyl (C=O) groups is 1. The van der Waals surface area contributed by atoms with Gasteiger partial charge in [-0.15, -0.1) is 0 Å². The maximum Gasteiger partial charge on any atom is 0.264 e. The molecule has 4 rings (SSSR count). The third kappa shape index (κ3) is 3.95. The van der Waals surface area contributed by atoms with E-state index in [0.29, 0.717) is 25.1 Å². The van der Waals surface area contributed by atoms with Crippen LogP contribution in [0.25, 0.3) is 0 Å². The Kier molecular flexibility index (Phi) is 4.98. The maximum absolute atomic E-state index is 13.9. The molecule has 2 heterocycles. The number of amides is 1. The first-order valence-electron chi connectivity index (χ1n) is 8.88. The molecule has 1 N–H and O–H groups in total. The van der Waals surface area contributed by atoms with Gasteiger partial charge in [-0.2, -0.15) is 0 Å². The minimum Gasteiger partial charge on any atom is -0.334 e. The van der Waals surface area contributed by atoms with Crippen LogP contribution in [-0.4, -0.2) is 35.7 Å². The number of benzene rings is 2. The third-order valence-electron chi connectivity index (χ3n) is 4.64. The summed E-state index contributed by atoms with van der Waals surface area (Å²) in [5.41, 5.74) is 2.33. The van der Waals surface area contributed by atoms with Crippen molar-refractivity contribution in [1.82, 2.24) is 14.9 Å². The van der Waals surface area contributed by atoms with Crippen molar-refractivity contribution >= 4 is 21.6 Å². The van der Waals surface area contributed by atoms with Gasteiger partial charge in [0.15, 0.2) is 0 Å². The van der Waals surface area contributed by atoms with Gasteiger partial charge >= 0.3 is 0 Å². The van der Waals surface area contributed by atoms with Crippen LogP contribution in [0.5, 0.6) is 0 Å². The summed E-state index contributed by atoms with van der Waals surface area (Å²) in [6.07, 6.45) is 3.81. The second kappa shape index (κ2) is 7.59. The zero-order valence-electron chi connectivity index (χ0n) is 15.2. The van der Waals surface area contributed by atoms with E-state index in [1.165, 1.54) is 36.7 Å². The summed E-state index contributed by atoms with van der Waals surface area (Å²) in [7, 11) is -4.12. The first-order chi connectivity index (χ1) is 13.9. The van der Waals surface area contributed by atoms with Gasteiger partial charge in [-0.3, -0.25) is 9.52 Å². The average molecular weight is 412 g/mol. The number of nitrogens with zero attached hydrogens (tertiary/aromatic N) is 3. The number of carbonyl (C=O) groups excluding carboxylic acids is 1. The highest BCUT2D eigenvalue weighted by Crippen LogP contribution is 2.22. The van der Waals surface area contributed by atoms with E-state index >= 15 is 0 Å². The molecular weight excluding hydrogens is 395 g/mol. The van der Waals surface area contributed by atoms with E-state index in [2.05, 4.69) is 14.7 Å². The molecule has 0 spiro atoms. The Morgan fingerprint density at radius 2 is 1.97 bits per heavy atom. The van der Waals surface area contributed by atoms with Crippen LogP contribution in [0.3, 0.4) is 0 Å². The highest BCUT2D eigenvalue weighted by Gasteiger charge is 2.24. The molecule has 0 bridgehead atoms. The van der Waals surface area contributed by atoms with Gasteiger partial charge in [0.1, 0.15) is 17.0 Å². The number of nitrogens with one attached hydrogen (secondary N) is 1. The summed E-state index contributed by atoms with van der Waals surface area (Å²) in [6.45, 7) is 0.897. The molecule has 0 atom stereocenters. The highest BCUT2D eigenvalue weighted by molar-refractivity contribution is 7.92. The number of anilines is 1. The molecule has 29 heavy (non-hydrogen) atoms. The van der Waals surface area contributed by atoms with Crippen molar-refractivity contribution in [2.24, 2.45) is 0 Å². The average Bonchev–Trinajstić information content (AvgIpc) is 2.73. The Labute approximate surface area is 167 Å². The molecule has 0 fully saturated rings. The summed E-state index contributed by atoms with van der Waals surface area (Å²) in [5, 5.41) is 0. The molecule has 0 radical (unpaired) electrons. The second-order valence-electron chi connectivity index (χ2n) is 6.59. The molecule has 1 aliphatic heterocycles. The van der Waals surface area contributed by atoms with E-state index in [9.17, 15) is 17.6 Å². The van der Waals surface area contributed by atoms with Crippen LogP contribution in [0.4, 0.5) is 10.1 Å². The lowest BCUT2D eigenvalue weighted by Crippen LogP contribution is -2.36. The van der Waals surface area contributed by atoms with Crippen LogP contribution in [0.15, 0.2) is 66.0 Å². The maximum atomic E-state index is 13.9. The van der Waals surface area contributed by atoms with Crippen molar-refractivity contribution in [1.29, 1.82) is 0 Å². The smallest absolute Gasteiger partial charge is 0.264 e. The van der Waals surface area contributed by atoms with Crippen LogP contribution in [0, 0.1) is 5.82 Å². The van der Waals surface area contributed by atoms with Crippen molar-refractivity contribution in [2.45, 2.75) is 17.9 Å². The van der Waals surface area contributed by atoms with Gasteiger partial charge in [0.2, 0.25) is 0 Å². The third-order valence-corrected chi connectivity index (χ3v) is 6.05. The van der Waals surface area contributed by atoms with Crippen molar-refractivity contribution in [2.75, 3.05) is 11.3 Å².